The largest absolute Gasteiger partial charge is 0.399 e. The van der Waals surface area contributed by atoms with Crippen molar-refractivity contribution in [1.82, 2.24) is 4.98 Å². The lowest BCUT2D eigenvalue weighted by atomic mass is 10.3. The summed E-state index contributed by atoms with van der Waals surface area (Å²) in [6.45, 7) is 1.82. The van der Waals surface area contributed by atoms with Crippen LogP contribution >= 0.6 is 34.5 Å². The zero-order chi connectivity index (χ0) is 14.2. The van der Waals surface area contributed by atoms with Gasteiger partial charge < -0.3 is 5.73 Å². The molecule has 19 heavy (non-hydrogen) atoms. The van der Waals surface area contributed by atoms with E-state index < -0.39 is 10.0 Å². The molecule has 2 rings (SSSR count). The standard InChI is InChI=1S/C10H9Cl2N3O2S2/c1-5-4-14-10(18-5)15-19(16,17)9-7(11)2-6(13)3-8(9)12/h2-4H,13H2,1H3,(H,14,15). The molecular formula is C10H9Cl2N3O2S2. The van der Waals surface area contributed by atoms with E-state index in [1.807, 2.05) is 6.92 Å². The normalized spacial score (nSPS) is 11.5. The first-order valence-electron chi connectivity index (χ1n) is 4.99. The van der Waals surface area contributed by atoms with Crippen LogP contribution in [0.15, 0.2) is 23.2 Å². The maximum Gasteiger partial charge on any atom is 0.266 e. The van der Waals surface area contributed by atoms with Crippen LogP contribution in [0.5, 0.6) is 0 Å². The number of nitrogens with one attached hydrogen (secondary N) is 1. The zero-order valence-electron chi connectivity index (χ0n) is 9.65. The number of benzene rings is 1. The van der Waals surface area contributed by atoms with Crippen LogP contribution in [0.4, 0.5) is 10.8 Å². The highest BCUT2D eigenvalue weighted by Crippen LogP contribution is 2.33. The molecule has 0 fully saturated rings. The van der Waals surface area contributed by atoms with Crippen molar-refractivity contribution in [2.75, 3.05) is 10.5 Å². The number of anilines is 2. The molecule has 1 aromatic carbocycles. The summed E-state index contributed by atoms with van der Waals surface area (Å²) >= 11 is 13.0. The molecule has 5 nitrogen and oxygen atoms in total. The average molecular weight is 338 g/mol. The van der Waals surface area contributed by atoms with Gasteiger partial charge in [0.1, 0.15) is 4.90 Å². The third kappa shape index (κ3) is 3.11. The minimum absolute atomic E-state index is 0.0363. The topological polar surface area (TPSA) is 85.1 Å². The van der Waals surface area contributed by atoms with E-state index in [4.69, 9.17) is 28.9 Å². The third-order valence-electron chi connectivity index (χ3n) is 2.13. The predicted octanol–water partition coefficient (Wildman–Crippen LogP) is 3.14. The highest BCUT2D eigenvalue weighted by Gasteiger charge is 2.23. The molecule has 0 aliphatic carbocycles. The Labute approximate surface area is 124 Å². The summed E-state index contributed by atoms with van der Waals surface area (Å²) in [4.78, 5) is 4.59. The molecule has 102 valence electrons. The summed E-state index contributed by atoms with van der Waals surface area (Å²) < 4.78 is 26.7. The van der Waals surface area contributed by atoms with Crippen LogP contribution in [0.3, 0.4) is 0 Å². The minimum atomic E-state index is -3.90. The summed E-state index contributed by atoms with van der Waals surface area (Å²) in [5, 5.41) is 0.179. The van der Waals surface area contributed by atoms with Crippen molar-refractivity contribution in [2.24, 2.45) is 0 Å². The van der Waals surface area contributed by atoms with E-state index in [1.165, 1.54) is 23.5 Å². The molecule has 3 N–H and O–H groups in total. The van der Waals surface area contributed by atoms with Gasteiger partial charge in [-0.3, -0.25) is 4.72 Å². The molecule has 0 aliphatic rings. The Morgan fingerprint density at radius 1 is 1.32 bits per heavy atom. The van der Waals surface area contributed by atoms with Crippen molar-refractivity contribution in [1.29, 1.82) is 0 Å². The van der Waals surface area contributed by atoms with Crippen LogP contribution in [0.2, 0.25) is 10.0 Å². The fraction of sp³-hybridized carbons (Fsp3) is 0.100. The smallest absolute Gasteiger partial charge is 0.266 e. The Kier molecular flexibility index (Phi) is 3.91. The van der Waals surface area contributed by atoms with Crippen LogP contribution in [-0.2, 0) is 10.0 Å². The van der Waals surface area contributed by atoms with Gasteiger partial charge in [-0.05, 0) is 19.1 Å². The first kappa shape index (κ1) is 14.4. The van der Waals surface area contributed by atoms with E-state index in [0.717, 1.165) is 4.88 Å². The zero-order valence-corrected chi connectivity index (χ0v) is 12.8. The Bertz CT molecular complexity index is 705. The highest BCUT2D eigenvalue weighted by atomic mass is 35.5. The van der Waals surface area contributed by atoms with Gasteiger partial charge in [0.2, 0.25) is 0 Å². The number of hydrogen-bond acceptors (Lipinski definition) is 5. The molecular weight excluding hydrogens is 329 g/mol. The molecule has 0 spiro atoms. The van der Waals surface area contributed by atoms with Gasteiger partial charge in [-0.2, -0.15) is 0 Å². The molecule has 1 aromatic heterocycles. The number of sulfonamides is 1. The van der Waals surface area contributed by atoms with Crippen molar-refractivity contribution in [2.45, 2.75) is 11.8 Å². The minimum Gasteiger partial charge on any atom is -0.399 e. The lowest BCUT2D eigenvalue weighted by Gasteiger charge is -2.09. The van der Waals surface area contributed by atoms with Crippen molar-refractivity contribution >= 4 is 55.4 Å². The van der Waals surface area contributed by atoms with Gasteiger partial charge in [0, 0.05) is 16.8 Å². The van der Waals surface area contributed by atoms with Crippen molar-refractivity contribution < 1.29 is 8.42 Å². The van der Waals surface area contributed by atoms with Crippen molar-refractivity contribution in [3.63, 3.8) is 0 Å². The monoisotopic (exact) mass is 337 g/mol. The number of thiazole rings is 1. The van der Waals surface area contributed by atoms with Gasteiger partial charge in [0.25, 0.3) is 10.0 Å². The predicted molar refractivity (Wildman–Crippen MR) is 78.5 cm³/mol. The number of rotatable bonds is 3. The second kappa shape index (κ2) is 5.16. The first-order valence-corrected chi connectivity index (χ1v) is 8.05. The molecule has 1 heterocycles. The van der Waals surface area contributed by atoms with Crippen LogP contribution in [0.25, 0.3) is 0 Å². The molecule has 0 amide bonds. The molecule has 0 saturated carbocycles. The lowest BCUT2D eigenvalue weighted by Crippen LogP contribution is -2.14. The lowest BCUT2D eigenvalue weighted by molar-refractivity contribution is 0.601. The molecule has 0 unspecified atom stereocenters. The number of halogens is 2. The average Bonchev–Trinajstić information content (AvgIpc) is 2.60. The molecule has 0 aliphatic heterocycles. The second-order valence-corrected chi connectivity index (χ2v) is 7.36. The van der Waals surface area contributed by atoms with E-state index in [-0.39, 0.29) is 20.1 Å². The Hall–Kier alpha value is -1.02. The molecule has 9 heteroatoms. The molecule has 2 aromatic rings. The molecule has 0 radical (unpaired) electrons. The second-order valence-electron chi connectivity index (χ2n) is 3.70. The fourth-order valence-electron chi connectivity index (χ4n) is 1.40. The van der Waals surface area contributed by atoms with E-state index in [9.17, 15) is 8.42 Å². The summed E-state index contributed by atoms with van der Waals surface area (Å²) in [6.07, 6.45) is 1.56. The molecule has 0 saturated heterocycles. The van der Waals surface area contributed by atoms with Crippen LogP contribution < -0.4 is 10.5 Å². The van der Waals surface area contributed by atoms with E-state index in [2.05, 4.69) is 9.71 Å². The van der Waals surface area contributed by atoms with E-state index in [0.29, 0.717) is 5.69 Å². The summed E-state index contributed by atoms with van der Waals surface area (Å²) in [5.74, 6) is 0. The highest BCUT2D eigenvalue weighted by molar-refractivity contribution is 7.93. The van der Waals surface area contributed by atoms with Gasteiger partial charge in [-0.1, -0.05) is 23.2 Å². The van der Waals surface area contributed by atoms with E-state index in [1.54, 1.807) is 6.20 Å². The number of hydrogen-bond donors (Lipinski definition) is 2. The van der Waals surface area contributed by atoms with Gasteiger partial charge in [-0.25, -0.2) is 13.4 Å². The molecule has 0 atom stereocenters. The Balaban J connectivity index is 2.45. The summed E-state index contributed by atoms with van der Waals surface area (Å²) in [7, 11) is -3.90. The number of aryl methyl sites for hydroxylation is 1. The summed E-state index contributed by atoms with van der Waals surface area (Å²) in [5.41, 5.74) is 5.82. The number of nitrogens with zero attached hydrogens (tertiary/aromatic N) is 1. The summed E-state index contributed by atoms with van der Waals surface area (Å²) in [6, 6.07) is 2.66. The maximum absolute atomic E-state index is 12.2. The van der Waals surface area contributed by atoms with E-state index >= 15 is 0 Å². The van der Waals surface area contributed by atoms with Gasteiger partial charge in [0.15, 0.2) is 5.13 Å². The SMILES string of the molecule is Cc1cnc(NS(=O)(=O)c2c(Cl)cc(N)cc2Cl)s1. The number of nitrogen functional groups attached to an aromatic ring is 1. The van der Waals surface area contributed by atoms with Gasteiger partial charge in [-0.15, -0.1) is 11.3 Å². The Morgan fingerprint density at radius 3 is 2.37 bits per heavy atom. The van der Waals surface area contributed by atoms with Crippen molar-refractivity contribution in [3.05, 3.63) is 33.3 Å². The van der Waals surface area contributed by atoms with Crippen LogP contribution in [-0.4, -0.2) is 13.4 Å². The Morgan fingerprint density at radius 2 is 1.89 bits per heavy atom. The fourth-order valence-corrected chi connectivity index (χ4v) is 4.54. The van der Waals surface area contributed by atoms with Gasteiger partial charge >= 0.3 is 0 Å². The third-order valence-corrected chi connectivity index (χ3v) is 5.35. The van der Waals surface area contributed by atoms with Crippen LogP contribution in [0.1, 0.15) is 4.88 Å². The molecule has 0 bridgehead atoms. The maximum atomic E-state index is 12.2. The first-order chi connectivity index (χ1) is 8.79. The quantitative estimate of drug-likeness (QED) is 0.842. The van der Waals surface area contributed by atoms with Crippen LogP contribution in [0, 0.1) is 6.92 Å². The number of nitrogens with two attached hydrogens (primary N) is 1. The number of aromatic nitrogens is 1. The van der Waals surface area contributed by atoms with Gasteiger partial charge in [0.05, 0.1) is 10.0 Å². The van der Waals surface area contributed by atoms with Crippen molar-refractivity contribution in [3.8, 4) is 0 Å².